The number of aryl methyl sites for hydroxylation is 1. The van der Waals surface area contributed by atoms with Crippen molar-refractivity contribution in [1.29, 1.82) is 0 Å². The van der Waals surface area contributed by atoms with Crippen LogP contribution in [0.5, 0.6) is 5.88 Å². The van der Waals surface area contributed by atoms with Crippen molar-refractivity contribution in [3.8, 4) is 28.5 Å². The first-order chi connectivity index (χ1) is 19.4. The van der Waals surface area contributed by atoms with Gasteiger partial charge in [-0.15, -0.1) is 0 Å². The number of carbonyl (C=O) groups is 1. The second-order valence-electron chi connectivity index (χ2n) is 8.83. The minimum Gasteiger partial charge on any atom is -0.481 e. The van der Waals surface area contributed by atoms with Gasteiger partial charge in [-0.05, 0) is 38.1 Å². The third-order valence-electron chi connectivity index (χ3n) is 5.86. The van der Waals surface area contributed by atoms with Crippen molar-refractivity contribution in [3.05, 3.63) is 101 Å². The van der Waals surface area contributed by atoms with E-state index < -0.39 is 6.04 Å². The van der Waals surface area contributed by atoms with E-state index in [0.29, 0.717) is 40.2 Å². The van der Waals surface area contributed by atoms with E-state index in [0.717, 1.165) is 11.3 Å². The summed E-state index contributed by atoms with van der Waals surface area (Å²) in [6.07, 6.45) is 8.01. The fraction of sp³-hybridized carbons (Fsp3) is 0.143. The zero-order chi connectivity index (χ0) is 28.1. The number of nitrogens with zero attached hydrogens (tertiary/aromatic N) is 6. The van der Waals surface area contributed by atoms with Crippen molar-refractivity contribution < 1.29 is 9.53 Å². The normalized spacial score (nSPS) is 11.5. The van der Waals surface area contributed by atoms with E-state index in [-0.39, 0.29) is 17.2 Å². The molecule has 0 bridgehead atoms. The van der Waals surface area contributed by atoms with Crippen LogP contribution in [0.4, 0.5) is 11.5 Å². The summed E-state index contributed by atoms with van der Waals surface area (Å²) in [6.45, 7) is 3.66. The predicted molar refractivity (Wildman–Crippen MR) is 148 cm³/mol. The summed E-state index contributed by atoms with van der Waals surface area (Å²) < 4.78 is 5.08. The number of hydrogen-bond donors (Lipinski definition) is 3. The molecule has 0 aliphatic heterocycles. The van der Waals surface area contributed by atoms with Crippen LogP contribution in [0.25, 0.3) is 22.6 Å². The molecule has 0 saturated carbocycles. The standard InChI is InChI=1S/C28H25N9O3/c1-16-10-24(36-20-8-9-29-25(38)11-20)37-27(34-16)19-4-6-21(30-13-19)28(39)35-17(2)22-14-32-23(15-31-22)18-5-7-26(40-3)33-12-18/h4-15,17H,1-3H3,(H,35,39)(H2,29,34,36,37,38). The molecular formula is C28H25N9O3. The molecule has 0 radical (unpaired) electrons. The van der Waals surface area contributed by atoms with Crippen LogP contribution in [-0.2, 0) is 0 Å². The van der Waals surface area contributed by atoms with Gasteiger partial charge in [0.1, 0.15) is 11.5 Å². The van der Waals surface area contributed by atoms with Gasteiger partial charge in [-0.1, -0.05) is 0 Å². The zero-order valence-electron chi connectivity index (χ0n) is 21.9. The molecule has 5 aromatic rings. The monoisotopic (exact) mass is 535 g/mol. The van der Waals surface area contributed by atoms with Crippen LogP contribution in [0.2, 0.25) is 0 Å². The first-order valence-electron chi connectivity index (χ1n) is 12.3. The van der Waals surface area contributed by atoms with Crippen LogP contribution in [0, 0.1) is 6.92 Å². The fourth-order valence-electron chi connectivity index (χ4n) is 3.80. The highest BCUT2D eigenvalue weighted by molar-refractivity contribution is 5.92. The maximum Gasteiger partial charge on any atom is 0.270 e. The summed E-state index contributed by atoms with van der Waals surface area (Å²) in [6, 6.07) is 11.5. The van der Waals surface area contributed by atoms with Gasteiger partial charge in [-0.25, -0.2) is 15.0 Å². The largest absolute Gasteiger partial charge is 0.481 e. The lowest BCUT2D eigenvalue weighted by atomic mass is 10.2. The molecule has 1 unspecified atom stereocenters. The molecule has 200 valence electrons. The molecule has 5 aromatic heterocycles. The number of methoxy groups -OCH3 is 1. The average molecular weight is 536 g/mol. The van der Waals surface area contributed by atoms with Crippen molar-refractivity contribution in [2.24, 2.45) is 0 Å². The first-order valence-corrected chi connectivity index (χ1v) is 12.3. The van der Waals surface area contributed by atoms with E-state index in [2.05, 4.69) is 45.5 Å². The Morgan fingerprint density at radius 2 is 1.75 bits per heavy atom. The van der Waals surface area contributed by atoms with Crippen LogP contribution >= 0.6 is 0 Å². The highest BCUT2D eigenvalue weighted by atomic mass is 16.5. The molecule has 40 heavy (non-hydrogen) atoms. The molecule has 12 heteroatoms. The molecule has 0 spiro atoms. The number of pyridine rings is 3. The molecule has 0 fully saturated rings. The van der Waals surface area contributed by atoms with Crippen LogP contribution in [0.1, 0.15) is 34.8 Å². The Kier molecular flexibility index (Phi) is 7.49. The minimum absolute atomic E-state index is 0.224. The van der Waals surface area contributed by atoms with Crippen LogP contribution < -0.4 is 20.9 Å². The Balaban J connectivity index is 1.25. The van der Waals surface area contributed by atoms with Gasteiger partial charge in [0, 0.05) is 59.3 Å². The lowest BCUT2D eigenvalue weighted by molar-refractivity contribution is 0.0934. The van der Waals surface area contributed by atoms with Gasteiger partial charge < -0.3 is 20.4 Å². The third kappa shape index (κ3) is 6.13. The maximum absolute atomic E-state index is 12.9. The van der Waals surface area contributed by atoms with Gasteiger partial charge >= 0.3 is 0 Å². The van der Waals surface area contributed by atoms with Crippen LogP contribution in [-0.4, -0.2) is 47.9 Å². The minimum atomic E-state index is -0.400. The molecular weight excluding hydrogens is 510 g/mol. The Bertz CT molecular complexity index is 1690. The quantitative estimate of drug-likeness (QED) is 0.268. The molecule has 0 saturated heterocycles. The lowest BCUT2D eigenvalue weighted by Gasteiger charge is -2.13. The topological polar surface area (TPSA) is 161 Å². The summed E-state index contributed by atoms with van der Waals surface area (Å²) in [5.41, 5.74) is 4.03. The molecule has 5 rings (SSSR count). The van der Waals surface area contributed by atoms with Crippen molar-refractivity contribution in [2.45, 2.75) is 19.9 Å². The van der Waals surface area contributed by atoms with E-state index in [4.69, 9.17) is 4.74 Å². The number of nitrogens with one attached hydrogen (secondary N) is 3. The van der Waals surface area contributed by atoms with Crippen LogP contribution in [0.3, 0.4) is 0 Å². The van der Waals surface area contributed by atoms with Crippen LogP contribution in [0.15, 0.2) is 78.2 Å². The van der Waals surface area contributed by atoms with Gasteiger partial charge in [-0.2, -0.15) is 0 Å². The van der Waals surface area contributed by atoms with E-state index >= 15 is 0 Å². The molecule has 12 nitrogen and oxygen atoms in total. The van der Waals surface area contributed by atoms with Crippen molar-refractivity contribution in [2.75, 3.05) is 12.4 Å². The summed E-state index contributed by atoms with van der Waals surface area (Å²) in [5.74, 6) is 1.12. The average Bonchev–Trinajstić information content (AvgIpc) is 2.97. The van der Waals surface area contributed by atoms with Gasteiger partial charge in [-0.3, -0.25) is 24.5 Å². The number of rotatable bonds is 8. The summed E-state index contributed by atoms with van der Waals surface area (Å²) >= 11 is 0. The number of hydrogen-bond acceptors (Lipinski definition) is 10. The second-order valence-corrected chi connectivity index (χ2v) is 8.83. The van der Waals surface area contributed by atoms with Gasteiger partial charge in [0.2, 0.25) is 11.4 Å². The molecule has 0 aliphatic carbocycles. The fourth-order valence-corrected chi connectivity index (χ4v) is 3.80. The summed E-state index contributed by atoms with van der Waals surface area (Å²) in [4.78, 5) is 53.4. The van der Waals surface area contributed by atoms with E-state index in [1.54, 1.807) is 68.4 Å². The SMILES string of the molecule is COc1ccc(-c2cnc(C(C)NC(=O)c3ccc(-c4nc(C)cc(Nc5cc[nH]c(=O)c5)n4)cn3)cn2)cn1. The van der Waals surface area contributed by atoms with Gasteiger partial charge in [0.05, 0.1) is 36.9 Å². The molecule has 0 aromatic carbocycles. The smallest absolute Gasteiger partial charge is 0.270 e. The highest BCUT2D eigenvalue weighted by Crippen LogP contribution is 2.21. The Labute approximate surface area is 229 Å². The lowest BCUT2D eigenvalue weighted by Crippen LogP contribution is -2.28. The van der Waals surface area contributed by atoms with Crippen molar-refractivity contribution >= 4 is 17.4 Å². The summed E-state index contributed by atoms with van der Waals surface area (Å²) in [5, 5.41) is 6.00. The molecule has 0 aliphatic rings. The number of aromatic amines is 1. The van der Waals surface area contributed by atoms with Crippen molar-refractivity contribution in [1.82, 2.24) is 40.2 Å². The number of H-pyrrole nitrogens is 1. The number of ether oxygens (including phenoxy) is 1. The first kappa shape index (κ1) is 26.1. The third-order valence-corrected chi connectivity index (χ3v) is 5.86. The molecule has 1 atom stereocenters. The number of carbonyl (C=O) groups excluding carboxylic acids is 1. The molecule has 1 amide bonds. The highest BCUT2D eigenvalue weighted by Gasteiger charge is 2.15. The zero-order valence-corrected chi connectivity index (χ0v) is 21.9. The Morgan fingerprint density at radius 1 is 0.925 bits per heavy atom. The second kappa shape index (κ2) is 11.5. The Morgan fingerprint density at radius 3 is 2.42 bits per heavy atom. The number of aromatic nitrogens is 7. The van der Waals surface area contributed by atoms with Crippen molar-refractivity contribution in [3.63, 3.8) is 0 Å². The number of amides is 1. The summed E-state index contributed by atoms with van der Waals surface area (Å²) in [7, 11) is 1.56. The van der Waals surface area contributed by atoms with E-state index in [1.807, 2.05) is 19.9 Å². The van der Waals surface area contributed by atoms with Gasteiger partial charge in [0.25, 0.3) is 5.91 Å². The maximum atomic E-state index is 12.9. The van der Waals surface area contributed by atoms with E-state index in [9.17, 15) is 9.59 Å². The van der Waals surface area contributed by atoms with Gasteiger partial charge in [0.15, 0.2) is 5.82 Å². The number of anilines is 2. The Hall–Kier alpha value is -5.52. The molecule has 3 N–H and O–H groups in total. The van der Waals surface area contributed by atoms with E-state index in [1.165, 1.54) is 6.07 Å². The predicted octanol–water partition coefficient (Wildman–Crippen LogP) is 3.63. The molecule has 5 heterocycles.